The third-order valence-electron chi connectivity index (χ3n) is 3.91. The zero-order valence-corrected chi connectivity index (χ0v) is 13.3. The Balaban J connectivity index is 2.44. The Morgan fingerprint density at radius 2 is 1.77 bits per heavy atom. The first-order valence-corrected chi connectivity index (χ1v) is 8.92. The van der Waals surface area contributed by atoms with E-state index < -0.39 is 32.7 Å². The summed E-state index contributed by atoms with van der Waals surface area (Å²) in [7, 11) is -4.33. The molecule has 1 saturated carbocycles. The van der Waals surface area contributed by atoms with Gasteiger partial charge in [-0.25, -0.2) is 17.2 Å². The van der Waals surface area contributed by atoms with E-state index in [0.29, 0.717) is 12.8 Å². The number of hydrogen-bond donors (Lipinski definition) is 1. The van der Waals surface area contributed by atoms with E-state index in [2.05, 4.69) is 0 Å². The minimum absolute atomic E-state index is 0.166. The van der Waals surface area contributed by atoms with E-state index in [9.17, 15) is 22.3 Å². The second-order valence-corrected chi connectivity index (χ2v) is 7.59. The number of nitrogens with zero attached hydrogens (tertiary/aromatic N) is 1. The second kappa shape index (κ2) is 7.02. The Labute approximate surface area is 129 Å². The van der Waals surface area contributed by atoms with Gasteiger partial charge in [-0.3, -0.25) is 0 Å². The third-order valence-corrected chi connectivity index (χ3v) is 5.88. The van der Waals surface area contributed by atoms with Gasteiger partial charge >= 0.3 is 0 Å². The van der Waals surface area contributed by atoms with Crippen molar-refractivity contribution in [3.8, 4) is 0 Å². The van der Waals surface area contributed by atoms with Crippen LogP contribution in [0.1, 0.15) is 39.0 Å². The average molecular weight is 333 g/mol. The van der Waals surface area contributed by atoms with Gasteiger partial charge in [-0.05, 0) is 31.9 Å². The van der Waals surface area contributed by atoms with Gasteiger partial charge in [0.05, 0.1) is 6.10 Å². The Bertz CT molecular complexity index is 593. The maximum Gasteiger partial charge on any atom is 0.249 e. The average Bonchev–Trinajstić information content (AvgIpc) is 2.45. The van der Waals surface area contributed by atoms with Gasteiger partial charge in [0.25, 0.3) is 0 Å². The molecule has 1 unspecified atom stereocenters. The van der Waals surface area contributed by atoms with E-state index in [4.69, 9.17) is 0 Å². The van der Waals surface area contributed by atoms with Crippen molar-refractivity contribution in [3.63, 3.8) is 0 Å². The molecule has 1 aromatic rings. The summed E-state index contributed by atoms with van der Waals surface area (Å²) < 4.78 is 54.4. The Morgan fingerprint density at radius 1 is 1.23 bits per heavy atom. The molecule has 1 fully saturated rings. The molecule has 1 aliphatic carbocycles. The number of benzene rings is 1. The van der Waals surface area contributed by atoms with E-state index in [1.165, 1.54) is 6.92 Å². The molecule has 0 heterocycles. The van der Waals surface area contributed by atoms with E-state index >= 15 is 0 Å². The minimum atomic E-state index is -4.33. The molecule has 1 aromatic carbocycles. The molecule has 7 heteroatoms. The maximum absolute atomic E-state index is 13.9. The van der Waals surface area contributed by atoms with Crippen LogP contribution in [0.3, 0.4) is 0 Å². The van der Waals surface area contributed by atoms with Crippen molar-refractivity contribution >= 4 is 10.0 Å². The number of aliphatic hydroxyl groups is 1. The van der Waals surface area contributed by atoms with Gasteiger partial charge in [0, 0.05) is 12.6 Å². The first-order chi connectivity index (χ1) is 10.3. The number of rotatable bonds is 5. The van der Waals surface area contributed by atoms with E-state index in [1.54, 1.807) is 0 Å². The molecular formula is C15H21F2NO3S. The molecule has 0 amide bonds. The van der Waals surface area contributed by atoms with Gasteiger partial charge in [0.15, 0.2) is 4.90 Å². The number of aliphatic hydroxyl groups excluding tert-OH is 1. The SMILES string of the molecule is CC(O)CN(C1CCCCC1)S(=O)(=O)c1c(F)cccc1F. The highest BCUT2D eigenvalue weighted by Crippen LogP contribution is 2.30. The van der Waals surface area contributed by atoms with E-state index in [1.807, 2.05) is 0 Å². The monoisotopic (exact) mass is 333 g/mol. The smallest absolute Gasteiger partial charge is 0.249 e. The Hall–Kier alpha value is -1.05. The van der Waals surface area contributed by atoms with Crippen LogP contribution in [-0.2, 0) is 10.0 Å². The number of sulfonamides is 1. The lowest BCUT2D eigenvalue weighted by atomic mass is 9.95. The lowest BCUT2D eigenvalue weighted by molar-refractivity contribution is 0.135. The van der Waals surface area contributed by atoms with Crippen molar-refractivity contribution in [2.24, 2.45) is 0 Å². The van der Waals surface area contributed by atoms with Crippen LogP contribution in [0.4, 0.5) is 8.78 Å². The zero-order valence-electron chi connectivity index (χ0n) is 12.5. The van der Waals surface area contributed by atoms with Crippen molar-refractivity contribution in [2.45, 2.75) is 56.1 Å². The van der Waals surface area contributed by atoms with Crippen molar-refractivity contribution in [2.75, 3.05) is 6.54 Å². The molecule has 1 aliphatic rings. The standard InChI is InChI=1S/C15H21F2NO3S/c1-11(19)10-18(12-6-3-2-4-7-12)22(20,21)15-13(16)8-5-9-14(15)17/h5,8-9,11-12,19H,2-4,6-7,10H2,1H3. The maximum atomic E-state index is 13.9. The Morgan fingerprint density at radius 3 is 2.27 bits per heavy atom. The molecule has 0 radical (unpaired) electrons. The summed E-state index contributed by atoms with van der Waals surface area (Å²) in [5.74, 6) is -2.21. The van der Waals surface area contributed by atoms with Crippen LogP contribution in [0.15, 0.2) is 23.1 Å². The van der Waals surface area contributed by atoms with Crippen LogP contribution >= 0.6 is 0 Å². The zero-order chi connectivity index (χ0) is 16.3. The van der Waals surface area contributed by atoms with Crippen LogP contribution in [0.25, 0.3) is 0 Å². The second-order valence-electron chi connectivity index (χ2n) is 5.77. The molecule has 4 nitrogen and oxygen atoms in total. The minimum Gasteiger partial charge on any atom is -0.392 e. The molecule has 0 saturated heterocycles. The summed E-state index contributed by atoms with van der Waals surface area (Å²) in [6.45, 7) is 1.30. The molecule has 22 heavy (non-hydrogen) atoms. The fraction of sp³-hybridized carbons (Fsp3) is 0.600. The van der Waals surface area contributed by atoms with Crippen LogP contribution < -0.4 is 0 Å². The first-order valence-electron chi connectivity index (χ1n) is 7.48. The van der Waals surface area contributed by atoms with Crippen LogP contribution in [0, 0.1) is 11.6 Å². The molecule has 0 bridgehead atoms. The molecule has 124 valence electrons. The van der Waals surface area contributed by atoms with Gasteiger partial charge in [-0.2, -0.15) is 4.31 Å². The quantitative estimate of drug-likeness (QED) is 0.901. The van der Waals surface area contributed by atoms with E-state index in [0.717, 1.165) is 41.8 Å². The van der Waals surface area contributed by atoms with Crippen LogP contribution in [0.5, 0.6) is 0 Å². The fourth-order valence-electron chi connectivity index (χ4n) is 2.92. The highest BCUT2D eigenvalue weighted by molar-refractivity contribution is 7.89. The molecule has 0 aromatic heterocycles. The predicted octanol–water partition coefficient (Wildman–Crippen LogP) is 2.67. The lowest BCUT2D eigenvalue weighted by Gasteiger charge is -2.34. The largest absolute Gasteiger partial charge is 0.392 e. The summed E-state index contributed by atoms with van der Waals surface area (Å²) in [5.41, 5.74) is 0. The highest BCUT2D eigenvalue weighted by atomic mass is 32.2. The molecule has 1 N–H and O–H groups in total. The van der Waals surface area contributed by atoms with E-state index in [-0.39, 0.29) is 12.6 Å². The van der Waals surface area contributed by atoms with Crippen molar-refractivity contribution in [1.29, 1.82) is 0 Å². The third kappa shape index (κ3) is 3.64. The van der Waals surface area contributed by atoms with Crippen LogP contribution in [-0.4, -0.2) is 36.5 Å². The summed E-state index contributed by atoms with van der Waals surface area (Å²) in [4.78, 5) is -0.929. The lowest BCUT2D eigenvalue weighted by Crippen LogP contribution is -2.45. The van der Waals surface area contributed by atoms with Crippen molar-refractivity contribution in [3.05, 3.63) is 29.8 Å². The van der Waals surface area contributed by atoms with Gasteiger partial charge in [-0.1, -0.05) is 25.3 Å². The molecular weight excluding hydrogens is 312 g/mol. The summed E-state index contributed by atoms with van der Waals surface area (Å²) >= 11 is 0. The summed E-state index contributed by atoms with van der Waals surface area (Å²) in [6.07, 6.45) is 3.13. The first kappa shape index (κ1) is 17.3. The summed E-state index contributed by atoms with van der Waals surface area (Å²) in [5, 5.41) is 9.61. The molecule has 0 spiro atoms. The van der Waals surface area contributed by atoms with Crippen molar-refractivity contribution < 1.29 is 22.3 Å². The molecule has 0 aliphatic heterocycles. The van der Waals surface area contributed by atoms with Gasteiger partial charge in [0.1, 0.15) is 11.6 Å². The highest BCUT2D eigenvalue weighted by Gasteiger charge is 2.36. The normalized spacial score (nSPS) is 18.6. The molecule has 1 atom stereocenters. The number of halogens is 2. The summed E-state index contributed by atoms with van der Waals surface area (Å²) in [6, 6.07) is 2.66. The predicted molar refractivity (Wildman–Crippen MR) is 78.8 cm³/mol. The van der Waals surface area contributed by atoms with Gasteiger partial charge in [-0.15, -0.1) is 0 Å². The van der Waals surface area contributed by atoms with Crippen LogP contribution in [0.2, 0.25) is 0 Å². The van der Waals surface area contributed by atoms with Gasteiger partial charge < -0.3 is 5.11 Å². The topological polar surface area (TPSA) is 57.6 Å². The Kier molecular flexibility index (Phi) is 5.52. The van der Waals surface area contributed by atoms with Gasteiger partial charge in [0.2, 0.25) is 10.0 Å². The number of hydrogen-bond acceptors (Lipinski definition) is 3. The molecule has 2 rings (SSSR count). The fourth-order valence-corrected chi connectivity index (χ4v) is 4.80. The van der Waals surface area contributed by atoms with Crippen molar-refractivity contribution in [1.82, 2.24) is 4.31 Å².